The van der Waals surface area contributed by atoms with Crippen LogP contribution in [-0.2, 0) is 6.54 Å². The van der Waals surface area contributed by atoms with Crippen molar-refractivity contribution in [1.29, 1.82) is 0 Å². The minimum atomic E-state index is 0.209. The fourth-order valence-corrected chi connectivity index (χ4v) is 2.30. The van der Waals surface area contributed by atoms with Crippen molar-refractivity contribution >= 4 is 11.3 Å². The zero-order valence-electron chi connectivity index (χ0n) is 10.4. The smallest absolute Gasteiger partial charge is 0.257 e. The van der Waals surface area contributed by atoms with E-state index in [1.165, 1.54) is 0 Å². The van der Waals surface area contributed by atoms with E-state index in [1.807, 2.05) is 17.5 Å². The second-order valence-electron chi connectivity index (χ2n) is 3.92. The van der Waals surface area contributed by atoms with Crippen LogP contribution in [0.25, 0.3) is 10.8 Å². The van der Waals surface area contributed by atoms with Gasteiger partial charge in [-0.05, 0) is 24.4 Å². The van der Waals surface area contributed by atoms with Gasteiger partial charge in [-0.25, -0.2) is 0 Å². The summed E-state index contributed by atoms with van der Waals surface area (Å²) in [7, 11) is 0. The molecule has 0 aliphatic carbocycles. The Hall–Kier alpha value is -1.24. The van der Waals surface area contributed by atoms with E-state index in [9.17, 15) is 0 Å². The van der Waals surface area contributed by atoms with E-state index in [-0.39, 0.29) is 6.61 Å². The maximum absolute atomic E-state index is 8.83. The summed E-state index contributed by atoms with van der Waals surface area (Å²) in [5.41, 5.74) is 0. The lowest BCUT2D eigenvalue weighted by atomic mass is 10.4. The molecule has 0 spiro atoms. The lowest BCUT2D eigenvalue weighted by Crippen LogP contribution is -2.24. The van der Waals surface area contributed by atoms with Crippen molar-refractivity contribution in [1.82, 2.24) is 15.1 Å². The van der Waals surface area contributed by atoms with Crippen LogP contribution in [0.15, 0.2) is 21.9 Å². The minimum absolute atomic E-state index is 0.209. The molecule has 98 valence electrons. The fourth-order valence-electron chi connectivity index (χ4n) is 1.65. The summed E-state index contributed by atoms with van der Waals surface area (Å²) in [6.07, 6.45) is 0.764. The van der Waals surface area contributed by atoms with Gasteiger partial charge in [-0.3, -0.25) is 4.90 Å². The van der Waals surface area contributed by atoms with Crippen LogP contribution < -0.4 is 0 Å². The van der Waals surface area contributed by atoms with Crippen molar-refractivity contribution in [2.75, 3.05) is 19.7 Å². The predicted octanol–water partition coefficient (Wildman–Crippen LogP) is 2.00. The van der Waals surface area contributed by atoms with Gasteiger partial charge < -0.3 is 9.52 Å². The molecule has 0 bridgehead atoms. The van der Waals surface area contributed by atoms with E-state index in [4.69, 9.17) is 9.52 Å². The van der Waals surface area contributed by atoms with Gasteiger partial charge in [-0.2, -0.15) is 0 Å². The van der Waals surface area contributed by atoms with Gasteiger partial charge in [0.25, 0.3) is 5.89 Å². The third-order valence-corrected chi connectivity index (χ3v) is 3.50. The summed E-state index contributed by atoms with van der Waals surface area (Å²) in [6.45, 7) is 4.66. The van der Waals surface area contributed by atoms with Crippen LogP contribution in [0, 0.1) is 0 Å². The van der Waals surface area contributed by atoms with Crippen LogP contribution in [0.4, 0.5) is 0 Å². The highest BCUT2D eigenvalue weighted by Crippen LogP contribution is 2.23. The number of nitrogens with zero attached hydrogens (tertiary/aromatic N) is 3. The number of hydrogen-bond donors (Lipinski definition) is 1. The SMILES string of the molecule is CCN(CCCO)Cc1nnc(-c2cccs2)o1. The molecule has 0 aromatic carbocycles. The largest absolute Gasteiger partial charge is 0.419 e. The van der Waals surface area contributed by atoms with Crippen LogP contribution in [-0.4, -0.2) is 39.9 Å². The Labute approximate surface area is 110 Å². The van der Waals surface area contributed by atoms with Crippen molar-refractivity contribution in [2.24, 2.45) is 0 Å². The topological polar surface area (TPSA) is 62.4 Å². The van der Waals surface area contributed by atoms with Crippen molar-refractivity contribution in [3.63, 3.8) is 0 Å². The first kappa shape index (κ1) is 13.2. The third kappa shape index (κ3) is 3.38. The van der Waals surface area contributed by atoms with Crippen molar-refractivity contribution in [2.45, 2.75) is 19.9 Å². The third-order valence-electron chi connectivity index (χ3n) is 2.64. The van der Waals surface area contributed by atoms with E-state index < -0.39 is 0 Å². The first-order valence-electron chi connectivity index (χ1n) is 6.03. The summed E-state index contributed by atoms with van der Waals surface area (Å²) < 4.78 is 5.62. The molecule has 0 amide bonds. The summed E-state index contributed by atoms with van der Waals surface area (Å²) in [4.78, 5) is 3.16. The van der Waals surface area contributed by atoms with Gasteiger partial charge in [0.1, 0.15) is 0 Å². The molecular formula is C12H17N3O2S. The van der Waals surface area contributed by atoms with Crippen molar-refractivity contribution in [3.8, 4) is 10.8 Å². The lowest BCUT2D eigenvalue weighted by molar-refractivity contribution is 0.212. The second-order valence-corrected chi connectivity index (χ2v) is 4.87. The molecule has 0 saturated heterocycles. The number of aromatic nitrogens is 2. The molecule has 0 unspecified atom stereocenters. The second kappa shape index (κ2) is 6.63. The van der Waals surface area contributed by atoms with E-state index in [0.29, 0.717) is 18.3 Å². The molecule has 0 atom stereocenters. The molecule has 0 aliphatic rings. The van der Waals surface area contributed by atoms with Crippen molar-refractivity contribution in [3.05, 3.63) is 23.4 Å². The summed E-state index contributed by atoms with van der Waals surface area (Å²) in [5, 5.41) is 18.9. The Balaban J connectivity index is 1.97. The Morgan fingerprint density at radius 2 is 2.33 bits per heavy atom. The first-order chi connectivity index (χ1) is 8.83. The molecule has 5 nitrogen and oxygen atoms in total. The summed E-state index contributed by atoms with van der Waals surface area (Å²) in [5.74, 6) is 1.21. The summed E-state index contributed by atoms with van der Waals surface area (Å²) in [6, 6.07) is 3.93. The standard InChI is InChI=1S/C12H17N3O2S/c1-2-15(6-4-7-16)9-11-13-14-12(17-11)10-5-3-8-18-10/h3,5,8,16H,2,4,6-7,9H2,1H3. The first-order valence-corrected chi connectivity index (χ1v) is 6.91. The van der Waals surface area contributed by atoms with Crippen LogP contribution in [0.1, 0.15) is 19.2 Å². The van der Waals surface area contributed by atoms with E-state index in [2.05, 4.69) is 22.0 Å². The van der Waals surface area contributed by atoms with Crippen LogP contribution >= 0.6 is 11.3 Å². The fraction of sp³-hybridized carbons (Fsp3) is 0.500. The molecule has 1 N–H and O–H groups in total. The van der Waals surface area contributed by atoms with Gasteiger partial charge in [0.15, 0.2) is 0 Å². The minimum Gasteiger partial charge on any atom is -0.419 e. The molecule has 18 heavy (non-hydrogen) atoms. The summed E-state index contributed by atoms with van der Waals surface area (Å²) >= 11 is 1.58. The van der Waals surface area contributed by atoms with Gasteiger partial charge >= 0.3 is 0 Å². The van der Waals surface area contributed by atoms with Gasteiger partial charge in [0.05, 0.1) is 11.4 Å². The molecular weight excluding hydrogens is 250 g/mol. The molecule has 2 aromatic heterocycles. The predicted molar refractivity (Wildman–Crippen MR) is 70.3 cm³/mol. The molecule has 6 heteroatoms. The molecule has 0 aliphatic heterocycles. The van der Waals surface area contributed by atoms with Gasteiger partial charge in [0.2, 0.25) is 5.89 Å². The average molecular weight is 267 g/mol. The Kier molecular flexibility index (Phi) is 4.86. The number of thiophene rings is 1. The number of aliphatic hydroxyl groups excluding tert-OH is 1. The molecule has 0 radical (unpaired) electrons. The molecule has 0 saturated carbocycles. The van der Waals surface area contributed by atoms with E-state index in [0.717, 1.165) is 24.4 Å². The maximum atomic E-state index is 8.83. The quantitative estimate of drug-likeness (QED) is 0.831. The van der Waals surface area contributed by atoms with Crippen molar-refractivity contribution < 1.29 is 9.52 Å². The van der Waals surface area contributed by atoms with E-state index in [1.54, 1.807) is 11.3 Å². The number of hydrogen-bond acceptors (Lipinski definition) is 6. The Morgan fingerprint density at radius 1 is 1.44 bits per heavy atom. The number of aliphatic hydroxyl groups is 1. The Bertz CT molecular complexity index is 456. The highest BCUT2D eigenvalue weighted by Gasteiger charge is 2.12. The average Bonchev–Trinajstić information content (AvgIpc) is 3.04. The lowest BCUT2D eigenvalue weighted by Gasteiger charge is -2.17. The monoisotopic (exact) mass is 267 g/mol. The molecule has 2 rings (SSSR count). The van der Waals surface area contributed by atoms with Gasteiger partial charge in [-0.1, -0.05) is 13.0 Å². The van der Waals surface area contributed by atoms with E-state index >= 15 is 0 Å². The highest BCUT2D eigenvalue weighted by molar-refractivity contribution is 7.13. The van der Waals surface area contributed by atoms with Crippen LogP contribution in [0.2, 0.25) is 0 Å². The molecule has 2 aromatic rings. The van der Waals surface area contributed by atoms with Crippen LogP contribution in [0.3, 0.4) is 0 Å². The normalized spacial score (nSPS) is 11.3. The zero-order chi connectivity index (χ0) is 12.8. The van der Waals surface area contributed by atoms with Gasteiger partial charge in [-0.15, -0.1) is 21.5 Å². The van der Waals surface area contributed by atoms with Gasteiger partial charge in [0, 0.05) is 13.2 Å². The number of rotatable bonds is 7. The highest BCUT2D eigenvalue weighted by atomic mass is 32.1. The zero-order valence-corrected chi connectivity index (χ0v) is 11.2. The molecule has 0 fully saturated rings. The van der Waals surface area contributed by atoms with Crippen LogP contribution in [0.5, 0.6) is 0 Å². The molecule has 2 heterocycles. The maximum Gasteiger partial charge on any atom is 0.257 e. The Morgan fingerprint density at radius 3 is 3.00 bits per heavy atom.